The second-order valence-corrected chi connectivity index (χ2v) is 0. The summed E-state index contributed by atoms with van der Waals surface area (Å²) in [6.45, 7) is 0. The Balaban J connectivity index is -0.0000000133. The SMILES string of the molecule is [Se].[Se]=[In].[Se]=[In]. The van der Waals surface area contributed by atoms with Crippen LogP contribution in [0.15, 0.2) is 0 Å². The zero-order valence-corrected chi connectivity index (χ0v) is 14.1. The van der Waals surface area contributed by atoms with E-state index in [1.54, 1.807) is 0 Å². The standard InChI is InChI=1S/2In.3Se. The van der Waals surface area contributed by atoms with E-state index in [4.69, 9.17) is 0 Å². The molecule has 0 unspecified atom stereocenters. The van der Waals surface area contributed by atoms with Crippen molar-refractivity contribution in [3.63, 3.8) is 0 Å². The molecule has 0 aliphatic carbocycles. The molecular formula is In2Se3. The van der Waals surface area contributed by atoms with Crippen molar-refractivity contribution in [1.82, 2.24) is 0 Å². The summed E-state index contributed by atoms with van der Waals surface area (Å²) in [7, 11) is 0. The average molecular weight is 467 g/mol. The molecule has 0 fully saturated rings. The topological polar surface area (TPSA) is 0 Å². The first-order valence-corrected chi connectivity index (χ1v) is 16.4. The molecule has 0 saturated heterocycles. The first-order chi connectivity index (χ1) is 2.00. The first kappa shape index (κ1) is 15.7. The van der Waals surface area contributed by atoms with E-state index < -0.39 is 0 Å². The van der Waals surface area contributed by atoms with E-state index in [1.165, 1.54) is 42.8 Å². The third-order valence-corrected chi connectivity index (χ3v) is 0. The molecule has 5 heavy (non-hydrogen) atoms. The van der Waals surface area contributed by atoms with Crippen molar-refractivity contribution in [3.05, 3.63) is 0 Å². The molecule has 0 spiro atoms. The molecule has 5 heteroatoms. The third-order valence-electron chi connectivity index (χ3n) is 0. The van der Waals surface area contributed by atoms with E-state index in [1.807, 2.05) is 0 Å². The second-order valence-electron chi connectivity index (χ2n) is 0. The van der Waals surface area contributed by atoms with E-state index >= 15 is 0 Å². The Morgan fingerprint density at radius 2 is 0.800 bits per heavy atom. The van der Waals surface area contributed by atoms with Gasteiger partial charge >= 0.3 is 66.4 Å². The molecule has 0 rings (SSSR count). The van der Waals surface area contributed by atoms with Crippen LogP contribution in [0.5, 0.6) is 0 Å². The zero-order valence-electron chi connectivity index (χ0n) is 2.38. The van der Waals surface area contributed by atoms with Gasteiger partial charge in [0.1, 0.15) is 0 Å². The summed E-state index contributed by atoms with van der Waals surface area (Å²) >= 11 is 7.96. The molecule has 0 atom stereocenters. The van der Waals surface area contributed by atoms with Crippen molar-refractivity contribution in [2.45, 2.75) is 0 Å². The van der Waals surface area contributed by atoms with Crippen LogP contribution in [0, 0.1) is 0 Å². The van der Waals surface area contributed by atoms with E-state index in [0.717, 1.165) is 0 Å². The molecule has 0 N–H and O–H groups in total. The summed E-state index contributed by atoms with van der Waals surface area (Å²) in [4.78, 5) is 0. The molecule has 0 saturated carbocycles. The molecule has 0 aromatic heterocycles. The van der Waals surface area contributed by atoms with Crippen LogP contribution in [-0.4, -0.2) is 83.5 Å². The van der Waals surface area contributed by atoms with Crippen LogP contribution < -0.4 is 0 Å². The quantitative estimate of drug-likeness (QED) is 0.366. The van der Waals surface area contributed by atoms with Crippen molar-refractivity contribution in [2.75, 3.05) is 0 Å². The molecule has 0 aliphatic heterocycles. The van der Waals surface area contributed by atoms with Crippen molar-refractivity contribution in [3.8, 4) is 0 Å². The van der Waals surface area contributed by atoms with Gasteiger partial charge in [-0.25, -0.2) is 0 Å². The van der Waals surface area contributed by atoms with Crippen molar-refractivity contribution in [2.24, 2.45) is 0 Å². The molecule has 0 heterocycles. The summed E-state index contributed by atoms with van der Waals surface area (Å²) < 4.78 is 0. The van der Waals surface area contributed by atoms with Crippen LogP contribution in [0.3, 0.4) is 0 Å². The van der Waals surface area contributed by atoms with Crippen molar-refractivity contribution >= 4 is 83.5 Å². The Kier molecular flexibility index (Phi) is 83.8. The first-order valence-electron chi connectivity index (χ1n) is 0.471. The predicted octanol–water partition coefficient (Wildman–Crippen LogP) is -1.90. The Bertz CT molecular complexity index is 6.85. The fourth-order valence-electron chi connectivity index (χ4n) is 0. The maximum absolute atomic E-state index is 2.76. The van der Waals surface area contributed by atoms with Crippen molar-refractivity contribution in [1.29, 1.82) is 0 Å². The van der Waals surface area contributed by atoms with Gasteiger partial charge in [0.15, 0.2) is 0 Å². The molecule has 0 aromatic rings. The van der Waals surface area contributed by atoms with Crippen LogP contribution in [-0.2, 0) is 0 Å². The minimum absolute atomic E-state index is 0. The van der Waals surface area contributed by atoms with E-state index in [-0.39, 0.29) is 17.1 Å². The van der Waals surface area contributed by atoms with E-state index in [0.29, 0.717) is 0 Å². The summed E-state index contributed by atoms with van der Waals surface area (Å²) in [6, 6.07) is 0. The summed E-state index contributed by atoms with van der Waals surface area (Å²) in [5.41, 5.74) is 0. The number of hydrogen-bond donors (Lipinski definition) is 0. The fraction of sp³-hybridized carbons (Fsp3) is 0. The third kappa shape index (κ3) is 18.8. The monoisotopic (exact) mass is 470 g/mol. The van der Waals surface area contributed by atoms with Gasteiger partial charge in [0.2, 0.25) is 0 Å². The second kappa shape index (κ2) is 26.6. The van der Waals surface area contributed by atoms with Crippen LogP contribution in [0.2, 0.25) is 0 Å². The molecule has 4 radical (unpaired) electrons. The molecule has 0 aliphatic rings. The van der Waals surface area contributed by atoms with Gasteiger partial charge in [0.25, 0.3) is 0 Å². The minimum atomic E-state index is 0. The molecular weight excluding hydrogens is 467 g/mol. The van der Waals surface area contributed by atoms with Gasteiger partial charge < -0.3 is 0 Å². The maximum atomic E-state index is 2.76. The van der Waals surface area contributed by atoms with Gasteiger partial charge in [0.05, 0.1) is 0 Å². The fourth-order valence-corrected chi connectivity index (χ4v) is 0. The number of rotatable bonds is 0. The van der Waals surface area contributed by atoms with E-state index in [9.17, 15) is 0 Å². The van der Waals surface area contributed by atoms with Gasteiger partial charge in [-0.05, 0) is 0 Å². The normalized spacial score (nSPS) is 1.20. The Morgan fingerprint density at radius 3 is 0.800 bits per heavy atom. The van der Waals surface area contributed by atoms with Crippen LogP contribution in [0.25, 0.3) is 0 Å². The zero-order chi connectivity index (χ0) is 4.00. The average Bonchev–Trinajstić information content (AvgIpc) is 1.50. The Morgan fingerprint density at radius 1 is 0.800 bits per heavy atom. The molecule has 0 bridgehead atoms. The number of hydrogen-bond acceptors (Lipinski definition) is 0. The van der Waals surface area contributed by atoms with E-state index in [2.05, 4.69) is 23.6 Å². The van der Waals surface area contributed by atoms with Crippen LogP contribution in [0.1, 0.15) is 0 Å². The van der Waals surface area contributed by atoms with Crippen molar-refractivity contribution < 1.29 is 0 Å². The van der Waals surface area contributed by atoms with Crippen LogP contribution >= 0.6 is 0 Å². The molecule has 0 amide bonds. The van der Waals surface area contributed by atoms with Gasteiger partial charge in [-0.1, -0.05) is 0 Å². The van der Waals surface area contributed by atoms with Gasteiger partial charge in [-0.15, -0.1) is 0 Å². The predicted molar refractivity (Wildman–Crippen MR) is 28.8 cm³/mol. The van der Waals surface area contributed by atoms with Gasteiger partial charge in [-0.2, -0.15) is 0 Å². The van der Waals surface area contributed by atoms with Gasteiger partial charge in [0, 0.05) is 17.1 Å². The Hall–Kier alpha value is 3.30. The summed E-state index contributed by atoms with van der Waals surface area (Å²) in [5.74, 6) is 0. The Labute approximate surface area is 81.6 Å². The molecule has 0 aromatic carbocycles. The summed E-state index contributed by atoms with van der Waals surface area (Å²) in [6.07, 6.45) is 0. The van der Waals surface area contributed by atoms with Crippen LogP contribution in [0.4, 0.5) is 0 Å². The van der Waals surface area contributed by atoms with Gasteiger partial charge in [-0.3, -0.25) is 0 Å². The molecule has 24 valence electrons. The molecule has 0 nitrogen and oxygen atoms in total. The summed E-state index contributed by atoms with van der Waals surface area (Å²) in [5, 5.41) is 0.